The van der Waals surface area contributed by atoms with Crippen molar-refractivity contribution in [3.05, 3.63) is 47.8 Å². The molecule has 2 saturated carbocycles. The van der Waals surface area contributed by atoms with Crippen molar-refractivity contribution in [1.29, 1.82) is 0 Å². The second kappa shape index (κ2) is 10.0. The molecule has 4 aliphatic carbocycles. The highest BCUT2D eigenvalue weighted by Crippen LogP contribution is 2.66. The number of nitrogens with one attached hydrogen (secondary N) is 1. The van der Waals surface area contributed by atoms with Crippen LogP contribution in [0.25, 0.3) is 5.57 Å². The first-order valence-corrected chi connectivity index (χ1v) is 14.2. The first kappa shape index (κ1) is 26.1. The number of ether oxygens (including phenoxy) is 1. The van der Waals surface area contributed by atoms with Gasteiger partial charge in [0.1, 0.15) is 12.6 Å². The van der Waals surface area contributed by atoms with Crippen LogP contribution in [0.3, 0.4) is 0 Å². The van der Waals surface area contributed by atoms with E-state index in [4.69, 9.17) is 10.5 Å². The van der Waals surface area contributed by atoms with Gasteiger partial charge < -0.3 is 15.8 Å². The van der Waals surface area contributed by atoms with Gasteiger partial charge in [-0.2, -0.15) is 0 Å². The molecule has 200 valence electrons. The number of pyridine rings is 1. The van der Waals surface area contributed by atoms with Crippen LogP contribution in [0.4, 0.5) is 0 Å². The summed E-state index contributed by atoms with van der Waals surface area (Å²) >= 11 is 0. The maximum absolute atomic E-state index is 12.5. The molecule has 0 bridgehead atoms. The highest BCUT2D eigenvalue weighted by Gasteiger charge is 2.57. The molecule has 0 spiro atoms. The molecule has 1 aromatic rings. The molecule has 0 radical (unpaired) electrons. The van der Waals surface area contributed by atoms with Crippen molar-refractivity contribution in [3.8, 4) is 0 Å². The van der Waals surface area contributed by atoms with Gasteiger partial charge in [0.2, 0.25) is 5.91 Å². The number of carbonyl (C=O) groups excluding carboxylic acids is 2. The Kier molecular flexibility index (Phi) is 7.08. The lowest BCUT2D eigenvalue weighted by molar-refractivity contribution is -0.151. The third-order valence-corrected chi connectivity index (χ3v) is 10.3. The molecule has 0 aliphatic heterocycles. The Morgan fingerprint density at radius 3 is 2.65 bits per heavy atom. The van der Waals surface area contributed by atoms with Gasteiger partial charge in [0.15, 0.2) is 0 Å². The number of fused-ring (bicyclic) bond motifs is 5. The fourth-order valence-corrected chi connectivity index (χ4v) is 8.07. The van der Waals surface area contributed by atoms with Crippen LogP contribution in [-0.2, 0) is 14.3 Å². The number of amides is 1. The van der Waals surface area contributed by atoms with Crippen LogP contribution >= 0.6 is 0 Å². The summed E-state index contributed by atoms with van der Waals surface area (Å²) < 4.78 is 5.81. The summed E-state index contributed by atoms with van der Waals surface area (Å²) in [6.45, 7) is 8.61. The van der Waals surface area contributed by atoms with Crippen LogP contribution in [0.2, 0.25) is 0 Å². The van der Waals surface area contributed by atoms with Gasteiger partial charge in [-0.15, -0.1) is 0 Å². The Morgan fingerprint density at radius 1 is 1.14 bits per heavy atom. The first-order chi connectivity index (χ1) is 17.6. The third-order valence-electron chi connectivity index (χ3n) is 10.3. The number of hydrogen-bond donors (Lipinski definition) is 2. The van der Waals surface area contributed by atoms with Crippen molar-refractivity contribution >= 4 is 17.4 Å². The van der Waals surface area contributed by atoms with Gasteiger partial charge in [-0.05, 0) is 90.2 Å². The molecule has 7 atom stereocenters. The van der Waals surface area contributed by atoms with E-state index in [-0.39, 0.29) is 41.3 Å². The number of aromatic nitrogens is 1. The number of rotatable bonds is 6. The summed E-state index contributed by atoms with van der Waals surface area (Å²) in [5, 5.41) is 2.63. The molecule has 0 aromatic carbocycles. The van der Waals surface area contributed by atoms with Crippen molar-refractivity contribution in [1.82, 2.24) is 10.3 Å². The summed E-state index contributed by atoms with van der Waals surface area (Å²) in [6.07, 6.45) is 16.2. The molecule has 4 aliphatic rings. The summed E-state index contributed by atoms with van der Waals surface area (Å²) in [7, 11) is 0. The second-order valence-electron chi connectivity index (χ2n) is 12.7. The average Bonchev–Trinajstić information content (AvgIpc) is 3.24. The molecular weight excluding hydrogens is 462 g/mol. The largest absolute Gasteiger partial charge is 0.461 e. The van der Waals surface area contributed by atoms with E-state index in [1.165, 1.54) is 29.6 Å². The average molecular weight is 506 g/mol. The Labute approximate surface area is 221 Å². The molecule has 6 nitrogen and oxygen atoms in total. The van der Waals surface area contributed by atoms with Crippen molar-refractivity contribution < 1.29 is 14.3 Å². The minimum atomic E-state index is -0.614. The normalized spacial score (nSPS) is 35.4. The monoisotopic (exact) mass is 505 g/mol. The van der Waals surface area contributed by atoms with Gasteiger partial charge in [0, 0.05) is 18.8 Å². The van der Waals surface area contributed by atoms with Gasteiger partial charge in [0.25, 0.3) is 0 Å². The molecule has 5 rings (SSSR count). The van der Waals surface area contributed by atoms with E-state index in [0.29, 0.717) is 17.8 Å². The Balaban J connectivity index is 1.22. The quantitative estimate of drug-likeness (QED) is 0.417. The predicted octanol–water partition coefficient (Wildman–Crippen LogP) is 5.05. The first-order valence-electron chi connectivity index (χ1n) is 14.2. The van der Waals surface area contributed by atoms with E-state index in [1.807, 2.05) is 26.2 Å². The number of carbonyl (C=O) groups is 2. The fourth-order valence-electron chi connectivity index (χ4n) is 8.07. The number of hydrogen-bond acceptors (Lipinski definition) is 5. The third kappa shape index (κ3) is 4.67. The van der Waals surface area contributed by atoms with E-state index in [9.17, 15) is 9.59 Å². The molecule has 3 N–H and O–H groups in total. The Morgan fingerprint density at radius 2 is 1.92 bits per heavy atom. The van der Waals surface area contributed by atoms with Gasteiger partial charge >= 0.3 is 5.97 Å². The maximum atomic E-state index is 12.5. The molecule has 1 heterocycles. The lowest BCUT2D eigenvalue weighted by atomic mass is 9.47. The smallest absolute Gasteiger partial charge is 0.325 e. The van der Waals surface area contributed by atoms with Crippen LogP contribution in [0.15, 0.2) is 42.3 Å². The molecule has 1 amide bonds. The minimum absolute atomic E-state index is 0.0220. The number of nitrogens with two attached hydrogens (primary N) is 1. The van der Waals surface area contributed by atoms with Crippen LogP contribution in [-0.4, -0.2) is 35.6 Å². The summed E-state index contributed by atoms with van der Waals surface area (Å²) in [5.74, 6) is 1.39. The van der Waals surface area contributed by atoms with E-state index in [1.54, 1.807) is 0 Å². The van der Waals surface area contributed by atoms with Crippen molar-refractivity contribution in [2.75, 3.05) is 6.54 Å². The van der Waals surface area contributed by atoms with Gasteiger partial charge in [0.05, 0.1) is 6.04 Å². The highest BCUT2D eigenvalue weighted by atomic mass is 16.5. The molecule has 0 saturated heterocycles. The molecular formula is C31H43N3O3. The lowest BCUT2D eigenvalue weighted by Gasteiger charge is -2.57. The molecule has 37 heavy (non-hydrogen) atoms. The standard InChI is InChI=1S/C31H43N3O3/c1-19(2)28(32)29(36)34-18-27(35)37-22-11-13-30(3)21(16-22)7-8-23-25-10-9-24(20-6-5-15-33-17-20)31(25,4)14-12-26(23)30/h5-7,9,15,17,19,22-23,25-26,28H,8,10-14,16,18,32H2,1-4H3,(H,34,36)/t22-,23-,25-,26-,28-,30-,31+/m0/s1. The van der Waals surface area contributed by atoms with Gasteiger partial charge in [-0.3, -0.25) is 14.6 Å². The summed E-state index contributed by atoms with van der Waals surface area (Å²) in [6, 6.07) is 3.65. The SMILES string of the molecule is CC(C)[C@H](N)C(=O)NCC(=O)O[C@H]1CC[C@@]2(C)C(=CC[C@@H]3[C@@H]2CC[C@]2(C)C(c4cccnc4)=CC[C@@H]32)C1. The van der Waals surface area contributed by atoms with Gasteiger partial charge in [-0.1, -0.05) is 51.5 Å². The zero-order valence-corrected chi connectivity index (χ0v) is 22.8. The number of allylic oxidation sites excluding steroid dienone is 3. The highest BCUT2D eigenvalue weighted by molar-refractivity contribution is 5.85. The summed E-state index contributed by atoms with van der Waals surface area (Å²) in [5.41, 5.74) is 10.5. The zero-order chi connectivity index (χ0) is 26.4. The fraction of sp³-hybridized carbons (Fsp3) is 0.645. The molecule has 6 heteroatoms. The van der Waals surface area contributed by atoms with Crippen LogP contribution in [0, 0.1) is 34.5 Å². The predicted molar refractivity (Wildman–Crippen MR) is 145 cm³/mol. The van der Waals surface area contributed by atoms with Crippen molar-refractivity contribution in [3.63, 3.8) is 0 Å². The Bertz CT molecular complexity index is 1100. The van der Waals surface area contributed by atoms with Crippen molar-refractivity contribution in [2.24, 2.45) is 40.2 Å². The van der Waals surface area contributed by atoms with Gasteiger partial charge in [-0.25, -0.2) is 0 Å². The maximum Gasteiger partial charge on any atom is 0.325 e. The van der Waals surface area contributed by atoms with Crippen LogP contribution in [0.5, 0.6) is 0 Å². The number of nitrogens with zero attached hydrogens (tertiary/aromatic N) is 1. The topological polar surface area (TPSA) is 94.3 Å². The number of esters is 1. The van der Waals surface area contributed by atoms with Crippen LogP contribution < -0.4 is 11.1 Å². The van der Waals surface area contributed by atoms with E-state index in [0.717, 1.165) is 32.1 Å². The Hall–Kier alpha value is -2.47. The molecule has 2 fully saturated rings. The summed E-state index contributed by atoms with van der Waals surface area (Å²) in [4.78, 5) is 29.0. The van der Waals surface area contributed by atoms with E-state index in [2.05, 4.69) is 48.4 Å². The minimum Gasteiger partial charge on any atom is -0.461 e. The van der Waals surface area contributed by atoms with Crippen molar-refractivity contribution in [2.45, 2.75) is 84.8 Å². The van der Waals surface area contributed by atoms with Crippen LogP contribution in [0.1, 0.15) is 78.2 Å². The zero-order valence-electron chi connectivity index (χ0n) is 22.8. The molecule has 0 unspecified atom stereocenters. The van der Waals surface area contributed by atoms with E-state index < -0.39 is 6.04 Å². The lowest BCUT2D eigenvalue weighted by Crippen LogP contribution is -2.50. The van der Waals surface area contributed by atoms with E-state index >= 15 is 0 Å². The second-order valence-corrected chi connectivity index (χ2v) is 12.7. The molecule has 1 aromatic heterocycles.